The number of nitrogens with one attached hydrogen (secondary N) is 1. The van der Waals surface area contributed by atoms with Crippen LogP contribution in [0.5, 0.6) is 0 Å². The van der Waals surface area contributed by atoms with E-state index in [9.17, 15) is 9.59 Å². The number of carbonyl (C=O) groups excluding carboxylic acids is 1. The van der Waals surface area contributed by atoms with Crippen molar-refractivity contribution in [1.82, 2.24) is 5.32 Å². The van der Waals surface area contributed by atoms with Crippen LogP contribution in [0.3, 0.4) is 0 Å². The van der Waals surface area contributed by atoms with Crippen LogP contribution in [-0.2, 0) is 4.79 Å². The van der Waals surface area contributed by atoms with Crippen LogP contribution in [0.2, 0.25) is 5.02 Å². The second-order valence-electron chi connectivity index (χ2n) is 3.25. The average Bonchev–Trinajstić information content (AvgIpc) is 2.25. The molecule has 0 bridgehead atoms. The fourth-order valence-electron chi connectivity index (χ4n) is 1.14. The number of carboxylic acids is 1. The van der Waals surface area contributed by atoms with Crippen molar-refractivity contribution >= 4 is 23.4 Å². The molecule has 0 aliphatic carbocycles. The van der Waals surface area contributed by atoms with Gasteiger partial charge in [-0.15, -0.1) is 0 Å². The van der Waals surface area contributed by atoms with Crippen molar-refractivity contribution in [2.45, 2.75) is 6.42 Å². The van der Waals surface area contributed by atoms with E-state index in [1.807, 2.05) is 0 Å². The van der Waals surface area contributed by atoms with E-state index < -0.39 is 5.97 Å². The zero-order chi connectivity index (χ0) is 12.0. The Morgan fingerprint density at radius 2 is 1.88 bits per heavy atom. The van der Waals surface area contributed by atoms with E-state index in [1.165, 1.54) is 0 Å². The Hall–Kier alpha value is -1.39. The number of halogens is 1. The normalized spacial score (nSPS) is 10.1. The Balaban J connectivity index is 2.35. The van der Waals surface area contributed by atoms with Crippen LogP contribution in [-0.4, -0.2) is 29.9 Å². The Morgan fingerprint density at radius 1 is 1.25 bits per heavy atom. The summed E-state index contributed by atoms with van der Waals surface area (Å²) in [4.78, 5) is 21.8. The number of carbonyl (C=O) groups is 2. The highest BCUT2D eigenvalue weighted by Gasteiger charge is 2.05. The molecule has 1 aromatic rings. The lowest BCUT2D eigenvalue weighted by Gasteiger charge is -2.02. The van der Waals surface area contributed by atoms with Gasteiger partial charge in [-0.2, -0.15) is 0 Å². The molecule has 0 spiro atoms. The summed E-state index contributed by atoms with van der Waals surface area (Å²) in [6.45, 7) is 0.420. The molecule has 0 fully saturated rings. The van der Waals surface area contributed by atoms with Crippen LogP contribution < -0.4 is 5.32 Å². The van der Waals surface area contributed by atoms with E-state index in [0.29, 0.717) is 10.6 Å². The third-order valence-electron chi connectivity index (χ3n) is 1.97. The van der Waals surface area contributed by atoms with Crippen LogP contribution >= 0.6 is 11.6 Å². The quantitative estimate of drug-likeness (QED) is 0.586. The fraction of sp³-hybridized carbons (Fsp3) is 0.273. The molecule has 0 atom stereocenters. The number of hydrogen-bond acceptors (Lipinski definition) is 3. The molecule has 1 aromatic carbocycles. The highest BCUT2D eigenvalue weighted by atomic mass is 35.5. The molecule has 4 nitrogen and oxygen atoms in total. The Kier molecular flexibility index (Phi) is 4.95. The Labute approximate surface area is 98.2 Å². The first-order valence-electron chi connectivity index (χ1n) is 4.81. The van der Waals surface area contributed by atoms with Gasteiger partial charge in [-0.05, 0) is 24.3 Å². The lowest BCUT2D eigenvalue weighted by Crippen LogP contribution is -2.25. The van der Waals surface area contributed by atoms with Gasteiger partial charge in [-0.1, -0.05) is 11.6 Å². The van der Waals surface area contributed by atoms with E-state index in [1.54, 1.807) is 24.3 Å². The minimum atomic E-state index is -0.883. The molecule has 0 aliphatic heterocycles. The zero-order valence-corrected chi connectivity index (χ0v) is 9.33. The predicted molar refractivity (Wildman–Crippen MR) is 60.9 cm³/mol. The van der Waals surface area contributed by atoms with Crippen molar-refractivity contribution in [3.05, 3.63) is 34.9 Å². The van der Waals surface area contributed by atoms with Crippen LogP contribution in [0, 0.1) is 0 Å². The van der Waals surface area contributed by atoms with Gasteiger partial charge in [0.05, 0.1) is 13.0 Å². The summed E-state index contributed by atoms with van der Waals surface area (Å²) in [6.07, 6.45) is 0.00784. The van der Waals surface area contributed by atoms with Crippen molar-refractivity contribution < 1.29 is 14.7 Å². The summed E-state index contributed by atoms with van der Waals surface area (Å²) >= 11 is 5.69. The number of benzene rings is 1. The SMILES string of the molecule is O=C(O)CCNCC(=O)c1ccc(Cl)cc1. The van der Waals surface area contributed by atoms with Crippen molar-refractivity contribution in [2.24, 2.45) is 0 Å². The van der Waals surface area contributed by atoms with Gasteiger partial charge < -0.3 is 10.4 Å². The molecular weight excluding hydrogens is 230 g/mol. The summed E-state index contributed by atoms with van der Waals surface area (Å²) < 4.78 is 0. The maximum absolute atomic E-state index is 11.5. The van der Waals surface area contributed by atoms with Gasteiger partial charge in [0.25, 0.3) is 0 Å². The standard InChI is InChI=1S/C11H12ClNO3/c12-9-3-1-8(2-4-9)10(14)7-13-6-5-11(15)16/h1-4,13H,5-7H2,(H,15,16). The number of rotatable bonds is 6. The maximum atomic E-state index is 11.5. The van der Waals surface area contributed by atoms with Gasteiger partial charge >= 0.3 is 5.97 Å². The molecule has 0 saturated carbocycles. The van der Waals surface area contributed by atoms with E-state index in [0.717, 1.165) is 0 Å². The van der Waals surface area contributed by atoms with Crippen LogP contribution in [0.4, 0.5) is 0 Å². The van der Waals surface area contributed by atoms with E-state index in [-0.39, 0.29) is 25.3 Å². The van der Waals surface area contributed by atoms with Gasteiger partial charge in [-0.3, -0.25) is 9.59 Å². The van der Waals surface area contributed by atoms with Gasteiger partial charge in [0.15, 0.2) is 5.78 Å². The van der Waals surface area contributed by atoms with Crippen molar-refractivity contribution in [3.8, 4) is 0 Å². The highest BCUT2D eigenvalue weighted by Crippen LogP contribution is 2.09. The van der Waals surface area contributed by atoms with Crippen LogP contribution in [0.25, 0.3) is 0 Å². The summed E-state index contributed by atoms with van der Waals surface area (Å²) in [7, 11) is 0. The molecule has 0 unspecified atom stereocenters. The molecule has 16 heavy (non-hydrogen) atoms. The first-order chi connectivity index (χ1) is 7.59. The number of Topliss-reactive ketones (excluding diaryl/α,β-unsaturated/α-hetero) is 1. The maximum Gasteiger partial charge on any atom is 0.304 e. The molecule has 0 amide bonds. The molecular formula is C11H12ClNO3. The molecule has 0 radical (unpaired) electrons. The van der Waals surface area contributed by atoms with E-state index >= 15 is 0 Å². The summed E-state index contributed by atoms with van der Waals surface area (Å²) in [5.74, 6) is -0.964. The second-order valence-corrected chi connectivity index (χ2v) is 3.69. The van der Waals surface area contributed by atoms with E-state index in [4.69, 9.17) is 16.7 Å². The molecule has 0 aliphatic rings. The van der Waals surface area contributed by atoms with Gasteiger partial charge in [0, 0.05) is 17.1 Å². The molecule has 0 aromatic heterocycles. The summed E-state index contributed by atoms with van der Waals surface area (Å²) in [5, 5.41) is 11.7. The Morgan fingerprint density at radius 3 is 2.44 bits per heavy atom. The number of hydrogen-bond donors (Lipinski definition) is 2. The predicted octanol–water partition coefficient (Wildman–Crippen LogP) is 1.59. The average molecular weight is 242 g/mol. The monoisotopic (exact) mass is 241 g/mol. The number of carboxylic acid groups (broad SMARTS) is 1. The lowest BCUT2D eigenvalue weighted by molar-refractivity contribution is -0.136. The first-order valence-corrected chi connectivity index (χ1v) is 5.18. The van der Waals surface area contributed by atoms with E-state index in [2.05, 4.69) is 5.32 Å². The molecule has 2 N–H and O–H groups in total. The molecule has 0 heterocycles. The van der Waals surface area contributed by atoms with Crippen molar-refractivity contribution in [1.29, 1.82) is 0 Å². The minimum absolute atomic E-state index is 0.00784. The fourth-order valence-corrected chi connectivity index (χ4v) is 1.26. The van der Waals surface area contributed by atoms with Crippen molar-refractivity contribution in [3.63, 3.8) is 0 Å². The Bertz CT molecular complexity index is 375. The summed E-state index contributed by atoms with van der Waals surface area (Å²) in [6, 6.07) is 6.57. The minimum Gasteiger partial charge on any atom is -0.481 e. The first kappa shape index (κ1) is 12.7. The van der Waals surface area contributed by atoms with Gasteiger partial charge in [0.2, 0.25) is 0 Å². The lowest BCUT2D eigenvalue weighted by atomic mass is 10.1. The summed E-state index contributed by atoms with van der Waals surface area (Å²) in [5.41, 5.74) is 0.562. The van der Waals surface area contributed by atoms with Gasteiger partial charge in [0.1, 0.15) is 0 Å². The highest BCUT2D eigenvalue weighted by molar-refractivity contribution is 6.30. The molecule has 0 saturated heterocycles. The molecule has 86 valence electrons. The largest absolute Gasteiger partial charge is 0.481 e. The molecule has 1 rings (SSSR count). The third kappa shape index (κ3) is 4.42. The topological polar surface area (TPSA) is 66.4 Å². The smallest absolute Gasteiger partial charge is 0.304 e. The van der Waals surface area contributed by atoms with Crippen LogP contribution in [0.1, 0.15) is 16.8 Å². The van der Waals surface area contributed by atoms with Gasteiger partial charge in [-0.25, -0.2) is 0 Å². The number of ketones is 1. The third-order valence-corrected chi connectivity index (χ3v) is 2.22. The molecule has 5 heteroatoms. The van der Waals surface area contributed by atoms with Crippen LogP contribution in [0.15, 0.2) is 24.3 Å². The number of aliphatic carboxylic acids is 1. The second kappa shape index (κ2) is 6.25. The van der Waals surface area contributed by atoms with Crippen molar-refractivity contribution in [2.75, 3.05) is 13.1 Å². The zero-order valence-electron chi connectivity index (χ0n) is 8.57.